The molecule has 3 aromatic carbocycles. The molecular formula is C26H24N2O5. The first-order chi connectivity index (χ1) is 16.1. The molecule has 2 aliphatic rings. The third kappa shape index (κ3) is 3.70. The molecule has 168 valence electrons. The van der Waals surface area contributed by atoms with Gasteiger partial charge in [0.1, 0.15) is 17.4 Å². The zero-order chi connectivity index (χ0) is 22.9. The smallest absolute Gasteiger partial charge is 0.266 e. The highest BCUT2D eigenvalue weighted by atomic mass is 16.7. The molecule has 2 heterocycles. The Balaban J connectivity index is 1.50. The minimum Gasteiger partial charge on any atom is -0.508 e. The van der Waals surface area contributed by atoms with Gasteiger partial charge in [-0.3, -0.25) is 14.4 Å². The predicted octanol–water partition coefficient (Wildman–Crippen LogP) is 4.23. The number of hydrogen-bond donors (Lipinski definition) is 1. The molecule has 0 saturated carbocycles. The molecule has 3 atom stereocenters. The van der Waals surface area contributed by atoms with Crippen molar-refractivity contribution in [3.05, 3.63) is 84.4 Å². The van der Waals surface area contributed by atoms with E-state index in [1.807, 2.05) is 43.3 Å². The molecule has 0 aromatic heterocycles. The summed E-state index contributed by atoms with van der Waals surface area (Å²) in [6, 6.07) is 22.4. The zero-order valence-corrected chi connectivity index (χ0v) is 18.1. The Kier molecular flexibility index (Phi) is 5.48. The van der Waals surface area contributed by atoms with Crippen molar-refractivity contribution in [1.82, 2.24) is 0 Å². The number of hydroxylamine groups is 1. The summed E-state index contributed by atoms with van der Waals surface area (Å²) in [7, 11) is 0. The van der Waals surface area contributed by atoms with Gasteiger partial charge in [0, 0.05) is 0 Å². The van der Waals surface area contributed by atoms with Crippen LogP contribution in [0.3, 0.4) is 0 Å². The minimum atomic E-state index is -0.957. The number of phenols is 1. The van der Waals surface area contributed by atoms with Crippen LogP contribution in [-0.4, -0.2) is 29.6 Å². The Hall–Kier alpha value is -3.84. The Morgan fingerprint density at radius 2 is 1.67 bits per heavy atom. The Labute approximate surface area is 191 Å². The van der Waals surface area contributed by atoms with E-state index in [0.717, 1.165) is 12.1 Å². The van der Waals surface area contributed by atoms with Gasteiger partial charge in [-0.15, -0.1) is 0 Å². The number of rotatable bonds is 6. The van der Waals surface area contributed by atoms with Gasteiger partial charge in [0.15, 0.2) is 6.10 Å². The van der Waals surface area contributed by atoms with Crippen molar-refractivity contribution in [2.24, 2.45) is 5.92 Å². The number of ether oxygens (including phenoxy) is 1. The number of amides is 2. The van der Waals surface area contributed by atoms with E-state index in [1.54, 1.807) is 47.5 Å². The molecule has 2 fully saturated rings. The highest BCUT2D eigenvalue weighted by Gasteiger charge is 2.60. The van der Waals surface area contributed by atoms with Crippen LogP contribution >= 0.6 is 0 Å². The van der Waals surface area contributed by atoms with Crippen molar-refractivity contribution >= 4 is 23.2 Å². The lowest BCUT2D eigenvalue weighted by molar-refractivity contribution is -0.126. The second-order valence-corrected chi connectivity index (χ2v) is 8.11. The number of hydrogen-bond acceptors (Lipinski definition) is 6. The first-order valence-corrected chi connectivity index (χ1v) is 11.0. The van der Waals surface area contributed by atoms with Gasteiger partial charge in [0.05, 0.1) is 24.0 Å². The Morgan fingerprint density at radius 3 is 2.36 bits per heavy atom. The third-order valence-corrected chi connectivity index (χ3v) is 5.91. The molecule has 0 aliphatic carbocycles. The number of imide groups is 1. The van der Waals surface area contributed by atoms with Crippen LogP contribution in [0.2, 0.25) is 0 Å². The first-order valence-electron chi connectivity index (χ1n) is 11.0. The summed E-state index contributed by atoms with van der Waals surface area (Å²) in [5.41, 5.74) is 1.90. The number of nitrogens with zero attached hydrogens (tertiary/aromatic N) is 2. The number of carbonyl (C=O) groups is 2. The summed E-state index contributed by atoms with van der Waals surface area (Å²) in [6.07, 6.45) is -0.0686. The van der Waals surface area contributed by atoms with E-state index < -0.39 is 24.0 Å². The Morgan fingerprint density at radius 1 is 0.909 bits per heavy atom. The summed E-state index contributed by atoms with van der Waals surface area (Å²) >= 11 is 0. The van der Waals surface area contributed by atoms with Crippen LogP contribution in [0.15, 0.2) is 78.9 Å². The van der Waals surface area contributed by atoms with Gasteiger partial charge in [-0.2, -0.15) is 0 Å². The number of anilines is 2. The lowest BCUT2D eigenvalue weighted by Crippen LogP contribution is -2.37. The average molecular weight is 444 g/mol. The van der Waals surface area contributed by atoms with Gasteiger partial charge < -0.3 is 9.84 Å². The lowest BCUT2D eigenvalue weighted by atomic mass is 9.90. The number of aromatic hydroxyl groups is 1. The SMILES string of the molecule is CCCOc1ccc(N2C(=O)[C@@H]3[C@H](ON(c4ccccc4)[C@H]3c3cccc(O)c3)C2=O)cc1. The van der Waals surface area contributed by atoms with Gasteiger partial charge >= 0.3 is 0 Å². The van der Waals surface area contributed by atoms with Gasteiger partial charge in [-0.05, 0) is 60.5 Å². The van der Waals surface area contributed by atoms with Crippen LogP contribution < -0.4 is 14.7 Å². The fraction of sp³-hybridized carbons (Fsp3) is 0.231. The molecule has 2 aliphatic heterocycles. The standard InChI is InChI=1S/C26H24N2O5/c1-2-15-32-21-13-11-18(12-14-21)27-25(30)22-23(17-7-6-10-20(29)16-17)28(33-24(22)26(27)31)19-8-4-3-5-9-19/h3-14,16,22-24,29H,2,15H2,1H3/t22-,23-,24-/m0/s1. The summed E-state index contributed by atoms with van der Waals surface area (Å²) in [5, 5.41) is 11.7. The largest absolute Gasteiger partial charge is 0.508 e. The summed E-state index contributed by atoms with van der Waals surface area (Å²) in [5.74, 6) is -0.727. The van der Waals surface area contributed by atoms with Crippen LogP contribution in [0, 0.1) is 5.92 Å². The van der Waals surface area contributed by atoms with Crippen molar-refractivity contribution in [1.29, 1.82) is 0 Å². The second kappa shape index (κ2) is 8.60. The maximum absolute atomic E-state index is 13.6. The Bertz CT molecular complexity index is 1160. The third-order valence-electron chi connectivity index (χ3n) is 5.91. The molecule has 3 aromatic rings. The van der Waals surface area contributed by atoms with Crippen molar-refractivity contribution in [3.63, 3.8) is 0 Å². The maximum Gasteiger partial charge on any atom is 0.266 e. The van der Waals surface area contributed by atoms with Gasteiger partial charge in [0.2, 0.25) is 5.91 Å². The van der Waals surface area contributed by atoms with E-state index in [4.69, 9.17) is 9.57 Å². The van der Waals surface area contributed by atoms with Crippen LogP contribution in [0.4, 0.5) is 11.4 Å². The number of carbonyl (C=O) groups excluding carboxylic acids is 2. The maximum atomic E-state index is 13.6. The second-order valence-electron chi connectivity index (χ2n) is 8.11. The van der Waals surface area contributed by atoms with Crippen LogP contribution in [0.5, 0.6) is 11.5 Å². The summed E-state index contributed by atoms with van der Waals surface area (Å²) < 4.78 is 5.61. The average Bonchev–Trinajstić information content (AvgIpc) is 3.35. The molecular weight excluding hydrogens is 420 g/mol. The van der Waals surface area contributed by atoms with Gasteiger partial charge in [0.25, 0.3) is 5.91 Å². The van der Waals surface area contributed by atoms with E-state index in [0.29, 0.717) is 23.6 Å². The van der Waals surface area contributed by atoms with E-state index in [1.165, 1.54) is 4.90 Å². The van der Waals surface area contributed by atoms with Crippen LogP contribution in [0.1, 0.15) is 24.9 Å². The zero-order valence-electron chi connectivity index (χ0n) is 18.1. The molecule has 5 rings (SSSR count). The first kappa shape index (κ1) is 21.0. The summed E-state index contributed by atoms with van der Waals surface area (Å²) in [6.45, 7) is 2.62. The molecule has 7 heteroatoms. The molecule has 0 unspecified atom stereocenters. The minimum absolute atomic E-state index is 0.0836. The molecule has 1 N–H and O–H groups in total. The molecule has 2 saturated heterocycles. The number of para-hydroxylation sites is 1. The monoisotopic (exact) mass is 444 g/mol. The summed E-state index contributed by atoms with van der Waals surface area (Å²) in [4.78, 5) is 34.2. The van der Waals surface area contributed by atoms with E-state index >= 15 is 0 Å². The number of fused-ring (bicyclic) bond motifs is 1. The fourth-order valence-corrected chi connectivity index (χ4v) is 4.43. The van der Waals surface area contributed by atoms with Gasteiger partial charge in [-0.1, -0.05) is 37.3 Å². The molecule has 0 bridgehead atoms. The molecule has 7 nitrogen and oxygen atoms in total. The van der Waals surface area contributed by atoms with Crippen molar-refractivity contribution in [2.75, 3.05) is 16.6 Å². The lowest BCUT2D eigenvalue weighted by Gasteiger charge is -2.28. The number of benzene rings is 3. The van der Waals surface area contributed by atoms with Crippen molar-refractivity contribution < 1.29 is 24.3 Å². The van der Waals surface area contributed by atoms with Crippen LogP contribution in [0.25, 0.3) is 0 Å². The van der Waals surface area contributed by atoms with Crippen molar-refractivity contribution in [2.45, 2.75) is 25.5 Å². The highest BCUT2D eigenvalue weighted by molar-refractivity contribution is 6.23. The van der Waals surface area contributed by atoms with Crippen molar-refractivity contribution in [3.8, 4) is 11.5 Å². The van der Waals surface area contributed by atoms with Crippen LogP contribution in [-0.2, 0) is 14.4 Å². The molecule has 2 amide bonds. The number of phenolic OH excluding ortho intramolecular Hbond substituents is 1. The quantitative estimate of drug-likeness (QED) is 0.573. The molecule has 33 heavy (non-hydrogen) atoms. The fourth-order valence-electron chi connectivity index (χ4n) is 4.43. The van der Waals surface area contributed by atoms with E-state index in [-0.39, 0.29) is 11.7 Å². The topological polar surface area (TPSA) is 79.3 Å². The molecule has 0 radical (unpaired) electrons. The van der Waals surface area contributed by atoms with E-state index in [9.17, 15) is 14.7 Å². The predicted molar refractivity (Wildman–Crippen MR) is 123 cm³/mol. The van der Waals surface area contributed by atoms with Gasteiger partial charge in [-0.25, -0.2) is 9.96 Å². The molecule has 0 spiro atoms. The highest BCUT2D eigenvalue weighted by Crippen LogP contribution is 2.48. The normalized spacial score (nSPS) is 22.0. The van der Waals surface area contributed by atoms with E-state index in [2.05, 4.69) is 0 Å².